The smallest absolute Gasteiger partial charge is 0.269 e. The lowest BCUT2D eigenvalue weighted by molar-refractivity contribution is -0.384. The minimum atomic E-state index is -0.405. The van der Waals surface area contributed by atoms with Crippen molar-refractivity contribution in [1.82, 2.24) is 4.98 Å². The lowest BCUT2D eigenvalue weighted by Crippen LogP contribution is -2.13. The Morgan fingerprint density at radius 2 is 2.00 bits per heavy atom. The first-order valence-corrected chi connectivity index (χ1v) is 8.37. The van der Waals surface area contributed by atoms with Crippen LogP contribution in [0, 0.1) is 10.1 Å². The fraction of sp³-hybridized carbons (Fsp3) is 0.133. The molecule has 22 heavy (non-hydrogen) atoms. The summed E-state index contributed by atoms with van der Waals surface area (Å²) in [4.78, 5) is 16.0. The fourth-order valence-corrected chi connectivity index (χ4v) is 3.78. The summed E-state index contributed by atoms with van der Waals surface area (Å²) in [5, 5.41) is 15.6. The highest BCUT2D eigenvalue weighted by molar-refractivity contribution is 7.20. The Bertz CT molecular complexity index is 766. The van der Waals surface area contributed by atoms with E-state index >= 15 is 0 Å². The van der Waals surface area contributed by atoms with Gasteiger partial charge in [0, 0.05) is 17.5 Å². The van der Waals surface area contributed by atoms with Crippen molar-refractivity contribution in [2.24, 2.45) is 5.73 Å². The number of rotatable bonds is 5. The molecule has 5 nitrogen and oxygen atoms in total. The zero-order valence-electron chi connectivity index (χ0n) is 11.5. The van der Waals surface area contributed by atoms with Crippen LogP contribution in [-0.2, 0) is 6.42 Å². The van der Waals surface area contributed by atoms with E-state index in [1.807, 2.05) is 22.9 Å². The molecule has 7 heteroatoms. The first-order chi connectivity index (χ1) is 10.6. The van der Waals surface area contributed by atoms with Gasteiger partial charge in [-0.1, -0.05) is 18.2 Å². The van der Waals surface area contributed by atoms with Crippen LogP contribution in [0.3, 0.4) is 0 Å². The Labute approximate surface area is 135 Å². The quantitative estimate of drug-likeness (QED) is 0.565. The van der Waals surface area contributed by atoms with Crippen LogP contribution in [0.1, 0.15) is 17.3 Å². The minimum absolute atomic E-state index is 0.0889. The Morgan fingerprint density at radius 3 is 2.64 bits per heavy atom. The third kappa shape index (κ3) is 3.22. The lowest BCUT2D eigenvalue weighted by Gasteiger charge is -2.08. The number of nitrogens with zero attached hydrogens (tertiary/aromatic N) is 2. The van der Waals surface area contributed by atoms with Crippen LogP contribution in [0.15, 0.2) is 47.2 Å². The van der Waals surface area contributed by atoms with Crippen LogP contribution < -0.4 is 5.73 Å². The van der Waals surface area contributed by atoms with E-state index in [2.05, 4.69) is 4.98 Å². The Kier molecular flexibility index (Phi) is 4.28. The molecule has 0 saturated heterocycles. The summed E-state index contributed by atoms with van der Waals surface area (Å²) in [6, 6.07) is 10.3. The molecule has 0 aliphatic carbocycles. The lowest BCUT2D eigenvalue weighted by atomic mass is 10.0. The Balaban J connectivity index is 1.71. The van der Waals surface area contributed by atoms with Crippen molar-refractivity contribution in [2.45, 2.75) is 12.5 Å². The SMILES string of the molecule is N[C@H](Cc1ccc([N+](=O)[O-])cc1)c1csc(-c2cccs2)n1. The predicted octanol–water partition coefficient (Wildman–Crippen LogP) is 4.02. The van der Waals surface area contributed by atoms with Crippen LogP contribution in [-0.4, -0.2) is 9.91 Å². The largest absolute Gasteiger partial charge is 0.322 e. The molecule has 1 aromatic carbocycles. The van der Waals surface area contributed by atoms with Gasteiger partial charge in [0.25, 0.3) is 5.69 Å². The molecule has 112 valence electrons. The maximum absolute atomic E-state index is 10.6. The van der Waals surface area contributed by atoms with Crippen molar-refractivity contribution in [1.29, 1.82) is 0 Å². The van der Waals surface area contributed by atoms with Gasteiger partial charge >= 0.3 is 0 Å². The van der Waals surface area contributed by atoms with E-state index in [1.54, 1.807) is 34.8 Å². The molecule has 0 spiro atoms. The second-order valence-electron chi connectivity index (χ2n) is 4.79. The van der Waals surface area contributed by atoms with Crippen LogP contribution in [0.5, 0.6) is 0 Å². The summed E-state index contributed by atoms with van der Waals surface area (Å²) in [7, 11) is 0. The summed E-state index contributed by atoms with van der Waals surface area (Å²) >= 11 is 3.24. The first-order valence-electron chi connectivity index (χ1n) is 6.61. The average Bonchev–Trinajstić information content (AvgIpc) is 3.19. The maximum Gasteiger partial charge on any atom is 0.269 e. The van der Waals surface area contributed by atoms with Crippen molar-refractivity contribution >= 4 is 28.4 Å². The fourth-order valence-electron chi connectivity index (χ4n) is 2.08. The molecule has 0 fully saturated rings. The summed E-state index contributed by atoms with van der Waals surface area (Å²) in [6.07, 6.45) is 0.603. The van der Waals surface area contributed by atoms with Gasteiger partial charge in [0.15, 0.2) is 0 Å². The van der Waals surface area contributed by atoms with Crippen LogP contribution in [0.4, 0.5) is 5.69 Å². The highest BCUT2D eigenvalue weighted by atomic mass is 32.1. The molecule has 3 rings (SSSR count). The molecule has 0 aliphatic heterocycles. The summed E-state index contributed by atoms with van der Waals surface area (Å²) < 4.78 is 0. The standard InChI is InChI=1S/C15H13N3O2S2/c16-12(8-10-3-5-11(6-4-10)18(19)20)13-9-22-15(17-13)14-2-1-7-21-14/h1-7,9,12H,8,16H2/t12-/m1/s1. The van der Waals surface area contributed by atoms with Crippen molar-refractivity contribution in [3.8, 4) is 9.88 Å². The first kappa shape index (κ1) is 14.8. The number of nitro benzene ring substituents is 1. The van der Waals surface area contributed by atoms with E-state index in [1.165, 1.54) is 12.1 Å². The summed E-state index contributed by atoms with van der Waals surface area (Å²) in [5.41, 5.74) is 8.11. The van der Waals surface area contributed by atoms with Gasteiger partial charge in [-0.25, -0.2) is 4.98 Å². The monoisotopic (exact) mass is 331 g/mol. The van der Waals surface area contributed by atoms with Gasteiger partial charge in [0.1, 0.15) is 5.01 Å². The molecule has 0 saturated carbocycles. The van der Waals surface area contributed by atoms with Gasteiger partial charge in [-0.2, -0.15) is 0 Å². The second kappa shape index (κ2) is 6.35. The van der Waals surface area contributed by atoms with Crippen LogP contribution in [0.25, 0.3) is 9.88 Å². The van der Waals surface area contributed by atoms with E-state index in [0.29, 0.717) is 6.42 Å². The Hall–Kier alpha value is -2.09. The van der Waals surface area contributed by atoms with Gasteiger partial charge in [0.2, 0.25) is 0 Å². The third-order valence-electron chi connectivity index (χ3n) is 3.24. The molecule has 0 unspecified atom stereocenters. The van der Waals surface area contributed by atoms with Gasteiger partial charge in [-0.3, -0.25) is 10.1 Å². The second-order valence-corrected chi connectivity index (χ2v) is 6.59. The van der Waals surface area contributed by atoms with Gasteiger partial charge in [-0.15, -0.1) is 22.7 Å². The number of benzene rings is 1. The number of thiazole rings is 1. The Morgan fingerprint density at radius 1 is 1.23 bits per heavy atom. The molecular formula is C15H13N3O2S2. The number of aromatic nitrogens is 1. The number of non-ortho nitro benzene ring substituents is 1. The normalized spacial score (nSPS) is 12.2. The highest BCUT2D eigenvalue weighted by Gasteiger charge is 2.13. The number of hydrogen-bond acceptors (Lipinski definition) is 6. The predicted molar refractivity (Wildman–Crippen MR) is 89.2 cm³/mol. The molecular weight excluding hydrogens is 318 g/mol. The average molecular weight is 331 g/mol. The molecule has 3 aromatic rings. The molecule has 0 amide bonds. The van der Waals surface area contributed by atoms with Crippen LogP contribution in [0.2, 0.25) is 0 Å². The van der Waals surface area contributed by atoms with E-state index in [0.717, 1.165) is 21.1 Å². The van der Waals surface area contributed by atoms with Gasteiger partial charge < -0.3 is 5.73 Å². The number of hydrogen-bond donors (Lipinski definition) is 1. The third-order valence-corrected chi connectivity index (χ3v) is 5.14. The highest BCUT2D eigenvalue weighted by Crippen LogP contribution is 2.30. The molecule has 2 N–H and O–H groups in total. The van der Waals surface area contributed by atoms with Crippen molar-refractivity contribution in [3.05, 3.63) is 68.5 Å². The summed E-state index contributed by atoms with van der Waals surface area (Å²) in [6.45, 7) is 0. The van der Waals surface area contributed by atoms with E-state index in [9.17, 15) is 10.1 Å². The van der Waals surface area contributed by atoms with Crippen molar-refractivity contribution < 1.29 is 4.92 Å². The van der Waals surface area contributed by atoms with E-state index < -0.39 is 4.92 Å². The van der Waals surface area contributed by atoms with Gasteiger partial charge in [0.05, 0.1) is 21.5 Å². The van der Waals surface area contributed by atoms with Crippen LogP contribution >= 0.6 is 22.7 Å². The van der Waals surface area contributed by atoms with E-state index in [-0.39, 0.29) is 11.7 Å². The zero-order valence-corrected chi connectivity index (χ0v) is 13.1. The molecule has 1 atom stereocenters. The number of nitro groups is 1. The van der Waals surface area contributed by atoms with E-state index in [4.69, 9.17) is 5.73 Å². The molecule has 0 aliphatic rings. The minimum Gasteiger partial charge on any atom is -0.322 e. The molecule has 2 heterocycles. The number of thiophene rings is 1. The zero-order chi connectivity index (χ0) is 15.5. The van der Waals surface area contributed by atoms with Crippen molar-refractivity contribution in [3.63, 3.8) is 0 Å². The molecule has 0 bridgehead atoms. The topological polar surface area (TPSA) is 82.0 Å². The molecule has 0 radical (unpaired) electrons. The van der Waals surface area contributed by atoms with Crippen molar-refractivity contribution in [2.75, 3.05) is 0 Å². The van der Waals surface area contributed by atoms with Gasteiger partial charge in [-0.05, 0) is 23.4 Å². The summed E-state index contributed by atoms with van der Waals surface area (Å²) in [5.74, 6) is 0. The number of nitrogens with two attached hydrogens (primary N) is 1. The maximum atomic E-state index is 10.6. The molecule has 2 aromatic heterocycles.